The van der Waals surface area contributed by atoms with Crippen LogP contribution in [-0.2, 0) is 17.8 Å². The highest BCUT2D eigenvalue weighted by molar-refractivity contribution is 7.16. The summed E-state index contributed by atoms with van der Waals surface area (Å²) in [4.78, 5) is 34.1. The second-order valence-electron chi connectivity index (χ2n) is 6.72. The van der Waals surface area contributed by atoms with Crippen LogP contribution in [0, 0.1) is 0 Å². The molecule has 140 valence electrons. The number of rotatable bonds is 4. The number of nitrogens with zero attached hydrogens (tertiary/aromatic N) is 5. The van der Waals surface area contributed by atoms with Gasteiger partial charge in [-0.05, 0) is 25.5 Å². The summed E-state index contributed by atoms with van der Waals surface area (Å²) in [5, 5.41) is 5.16. The first-order valence-electron chi connectivity index (χ1n) is 9.03. The number of hydrogen-bond acceptors (Lipinski definition) is 6. The number of anilines is 1. The smallest absolute Gasteiger partial charge is 0.275 e. The topological polar surface area (TPSA) is 70.8 Å². The monoisotopic (exact) mass is 383 g/mol. The second kappa shape index (κ2) is 7.21. The van der Waals surface area contributed by atoms with Crippen molar-refractivity contribution >= 4 is 27.9 Å². The molecule has 1 atom stereocenters. The Morgan fingerprint density at radius 2 is 2.00 bits per heavy atom. The summed E-state index contributed by atoms with van der Waals surface area (Å²) in [6.45, 7) is 5.49. The number of carbonyl (C=O) groups excluding carboxylic acids is 1. The molecule has 1 aromatic carbocycles. The van der Waals surface area contributed by atoms with Crippen LogP contribution in [0.1, 0.15) is 24.5 Å². The Morgan fingerprint density at radius 1 is 1.22 bits per heavy atom. The molecule has 1 unspecified atom stereocenters. The zero-order valence-corrected chi connectivity index (χ0v) is 16.1. The van der Waals surface area contributed by atoms with Crippen LogP contribution in [-0.4, -0.2) is 44.5 Å². The number of aromatic nitrogens is 3. The number of benzene rings is 1. The van der Waals surface area contributed by atoms with E-state index in [1.54, 1.807) is 0 Å². The highest BCUT2D eigenvalue weighted by atomic mass is 32.1. The van der Waals surface area contributed by atoms with Crippen LogP contribution in [0.5, 0.6) is 0 Å². The molecule has 8 heteroatoms. The number of piperazine rings is 1. The Hall–Kier alpha value is -2.58. The molecule has 1 aliphatic heterocycles. The lowest BCUT2D eigenvalue weighted by Crippen LogP contribution is -2.55. The van der Waals surface area contributed by atoms with Crippen molar-refractivity contribution in [3.8, 4) is 0 Å². The fraction of sp³-hybridized carbons (Fsp3) is 0.368. The summed E-state index contributed by atoms with van der Waals surface area (Å²) >= 11 is 1.43. The Balaban J connectivity index is 1.54. The quantitative estimate of drug-likeness (QED) is 0.689. The zero-order valence-electron chi connectivity index (χ0n) is 15.3. The lowest BCUT2D eigenvalue weighted by molar-refractivity contribution is -0.122. The molecule has 1 fully saturated rings. The summed E-state index contributed by atoms with van der Waals surface area (Å²) in [6, 6.07) is 11.4. The van der Waals surface area contributed by atoms with E-state index in [4.69, 9.17) is 0 Å². The van der Waals surface area contributed by atoms with E-state index in [0.29, 0.717) is 30.3 Å². The molecule has 0 saturated carbocycles. The van der Waals surface area contributed by atoms with Gasteiger partial charge < -0.3 is 4.90 Å². The first kappa shape index (κ1) is 17.8. The molecule has 2 aromatic heterocycles. The predicted molar refractivity (Wildman–Crippen MR) is 105 cm³/mol. The number of aryl methyl sites for hydroxylation is 1. The van der Waals surface area contributed by atoms with Gasteiger partial charge in [-0.1, -0.05) is 36.5 Å². The van der Waals surface area contributed by atoms with Gasteiger partial charge in [0.1, 0.15) is 5.01 Å². The van der Waals surface area contributed by atoms with E-state index in [1.165, 1.54) is 21.9 Å². The highest BCUT2D eigenvalue weighted by Crippen LogP contribution is 2.21. The Labute approximate surface area is 160 Å². The Bertz CT molecular complexity index is 1030. The number of para-hydroxylation sites is 1. The van der Waals surface area contributed by atoms with Gasteiger partial charge >= 0.3 is 0 Å². The fourth-order valence-electron chi connectivity index (χ4n) is 3.29. The standard InChI is InChI=1S/C19H21N5O2S/c1-3-16-21-24-17(25)9-14(20-19(24)27-16)11-22-12-18(26)23(10-13(22)2)15-7-5-4-6-8-15/h4-9,13H,3,10-12H2,1-2H3. The van der Waals surface area contributed by atoms with Crippen LogP contribution >= 0.6 is 11.3 Å². The van der Waals surface area contributed by atoms with Crippen molar-refractivity contribution in [3.63, 3.8) is 0 Å². The molecule has 0 bridgehead atoms. The lowest BCUT2D eigenvalue weighted by Gasteiger charge is -2.39. The van der Waals surface area contributed by atoms with Crippen molar-refractivity contribution in [2.24, 2.45) is 0 Å². The van der Waals surface area contributed by atoms with Crippen LogP contribution in [0.15, 0.2) is 41.2 Å². The van der Waals surface area contributed by atoms with Gasteiger partial charge in [-0.25, -0.2) is 4.98 Å². The van der Waals surface area contributed by atoms with Crippen molar-refractivity contribution in [2.75, 3.05) is 18.0 Å². The van der Waals surface area contributed by atoms with Crippen LogP contribution in [0.4, 0.5) is 5.69 Å². The molecule has 0 N–H and O–H groups in total. The molecule has 3 aromatic rings. The first-order valence-corrected chi connectivity index (χ1v) is 9.85. The summed E-state index contributed by atoms with van der Waals surface area (Å²) < 4.78 is 1.36. The summed E-state index contributed by atoms with van der Waals surface area (Å²) in [6.07, 6.45) is 0.774. The van der Waals surface area contributed by atoms with E-state index in [-0.39, 0.29) is 17.5 Å². The molecule has 4 rings (SSSR count). The third kappa shape index (κ3) is 3.50. The fourth-order valence-corrected chi connectivity index (χ4v) is 4.15. The van der Waals surface area contributed by atoms with Gasteiger partial charge in [-0.15, -0.1) is 0 Å². The van der Waals surface area contributed by atoms with E-state index < -0.39 is 0 Å². The van der Waals surface area contributed by atoms with Gasteiger partial charge in [0.25, 0.3) is 5.56 Å². The third-order valence-corrected chi connectivity index (χ3v) is 5.84. The zero-order chi connectivity index (χ0) is 19.0. The molecule has 1 amide bonds. The van der Waals surface area contributed by atoms with E-state index in [2.05, 4.69) is 21.9 Å². The first-order chi connectivity index (χ1) is 13.0. The number of hydrogen-bond donors (Lipinski definition) is 0. The highest BCUT2D eigenvalue weighted by Gasteiger charge is 2.30. The van der Waals surface area contributed by atoms with Gasteiger partial charge in [-0.3, -0.25) is 14.5 Å². The van der Waals surface area contributed by atoms with Gasteiger partial charge in [0.2, 0.25) is 10.9 Å². The number of amides is 1. The molecule has 27 heavy (non-hydrogen) atoms. The minimum absolute atomic E-state index is 0.0585. The average Bonchev–Trinajstić information content (AvgIpc) is 3.09. The summed E-state index contributed by atoms with van der Waals surface area (Å²) in [7, 11) is 0. The molecule has 7 nitrogen and oxygen atoms in total. The van der Waals surface area contributed by atoms with Crippen molar-refractivity contribution in [2.45, 2.75) is 32.9 Å². The molecular formula is C19H21N5O2S. The van der Waals surface area contributed by atoms with Gasteiger partial charge in [0.15, 0.2) is 0 Å². The van der Waals surface area contributed by atoms with Crippen LogP contribution in [0.3, 0.4) is 0 Å². The minimum Gasteiger partial charge on any atom is -0.310 e. The van der Waals surface area contributed by atoms with Crippen molar-refractivity contribution in [1.29, 1.82) is 0 Å². The van der Waals surface area contributed by atoms with E-state index in [1.807, 2.05) is 42.2 Å². The molecule has 0 aliphatic carbocycles. The van der Waals surface area contributed by atoms with E-state index in [0.717, 1.165) is 17.1 Å². The van der Waals surface area contributed by atoms with E-state index >= 15 is 0 Å². The van der Waals surface area contributed by atoms with Crippen LogP contribution in [0.2, 0.25) is 0 Å². The van der Waals surface area contributed by atoms with Crippen LogP contribution < -0.4 is 10.5 Å². The predicted octanol–water partition coefficient (Wildman–Crippen LogP) is 1.95. The maximum Gasteiger partial charge on any atom is 0.275 e. The largest absolute Gasteiger partial charge is 0.310 e. The minimum atomic E-state index is -0.173. The van der Waals surface area contributed by atoms with Gasteiger partial charge in [0, 0.05) is 30.9 Å². The normalized spacial score (nSPS) is 18.4. The SMILES string of the molecule is CCc1nn2c(=O)cc(CN3CC(=O)N(c4ccccc4)CC3C)nc2s1. The summed E-state index contributed by atoms with van der Waals surface area (Å²) in [5.41, 5.74) is 1.43. The lowest BCUT2D eigenvalue weighted by atomic mass is 10.1. The second-order valence-corrected chi connectivity index (χ2v) is 7.76. The maximum atomic E-state index is 12.7. The summed E-state index contributed by atoms with van der Waals surface area (Å²) in [5.74, 6) is 0.0585. The van der Waals surface area contributed by atoms with Crippen molar-refractivity contribution in [1.82, 2.24) is 19.5 Å². The van der Waals surface area contributed by atoms with Crippen molar-refractivity contribution < 1.29 is 4.79 Å². The molecule has 0 radical (unpaired) electrons. The molecular weight excluding hydrogens is 362 g/mol. The number of fused-ring (bicyclic) bond motifs is 1. The molecule has 1 saturated heterocycles. The molecule has 0 spiro atoms. The van der Waals surface area contributed by atoms with Gasteiger partial charge in [-0.2, -0.15) is 9.61 Å². The maximum absolute atomic E-state index is 12.7. The Kier molecular flexibility index (Phi) is 4.75. The third-order valence-electron chi connectivity index (χ3n) is 4.78. The van der Waals surface area contributed by atoms with Crippen molar-refractivity contribution in [3.05, 3.63) is 57.5 Å². The van der Waals surface area contributed by atoms with Gasteiger partial charge in [0.05, 0.1) is 12.2 Å². The number of carbonyl (C=O) groups is 1. The molecule has 3 heterocycles. The van der Waals surface area contributed by atoms with E-state index in [9.17, 15) is 9.59 Å². The average molecular weight is 383 g/mol. The Morgan fingerprint density at radius 3 is 2.74 bits per heavy atom. The molecule has 1 aliphatic rings. The van der Waals surface area contributed by atoms with Crippen LogP contribution in [0.25, 0.3) is 4.96 Å².